The van der Waals surface area contributed by atoms with Crippen LogP contribution in [-0.4, -0.2) is 15.1 Å². The molecule has 0 spiro atoms. The second kappa shape index (κ2) is 5.20. The highest BCUT2D eigenvalue weighted by Gasteiger charge is 2.15. The van der Waals surface area contributed by atoms with Gasteiger partial charge in [-0.2, -0.15) is 0 Å². The van der Waals surface area contributed by atoms with E-state index in [-0.39, 0.29) is 17.2 Å². The van der Waals surface area contributed by atoms with Crippen molar-refractivity contribution in [2.45, 2.75) is 13.8 Å². The summed E-state index contributed by atoms with van der Waals surface area (Å²) in [6, 6.07) is 5.68. The zero-order valence-electron chi connectivity index (χ0n) is 11.5. The van der Waals surface area contributed by atoms with Crippen LogP contribution in [0.25, 0.3) is 0 Å². The van der Waals surface area contributed by atoms with Gasteiger partial charge < -0.3 is 21.3 Å². The molecule has 2 aromatic rings. The van der Waals surface area contributed by atoms with Crippen LogP contribution in [0.15, 0.2) is 24.3 Å². The van der Waals surface area contributed by atoms with Gasteiger partial charge >= 0.3 is 0 Å². The van der Waals surface area contributed by atoms with E-state index in [1.54, 1.807) is 19.9 Å². The lowest BCUT2D eigenvalue weighted by Crippen LogP contribution is -2.00. The number of rotatable bonds is 3. The van der Waals surface area contributed by atoms with Crippen molar-refractivity contribution in [3.05, 3.63) is 45.5 Å². The maximum absolute atomic E-state index is 11.0. The summed E-state index contributed by atoms with van der Waals surface area (Å²) in [6.45, 7) is 3.31. The number of aromatic hydroxyl groups is 2. The fraction of sp³-hybridized carbons (Fsp3) is 0.143. The Morgan fingerprint density at radius 1 is 1.14 bits per heavy atom. The molecule has 0 aliphatic rings. The minimum atomic E-state index is -0.502. The molecule has 0 aromatic heterocycles. The van der Waals surface area contributed by atoms with E-state index in [0.717, 1.165) is 0 Å². The Kier molecular flexibility index (Phi) is 3.58. The molecule has 0 heterocycles. The van der Waals surface area contributed by atoms with E-state index in [1.807, 2.05) is 0 Å². The molecule has 0 saturated carbocycles. The topological polar surface area (TPSA) is 122 Å². The van der Waals surface area contributed by atoms with Crippen molar-refractivity contribution >= 4 is 22.7 Å². The lowest BCUT2D eigenvalue weighted by molar-refractivity contribution is -0.385. The van der Waals surface area contributed by atoms with Crippen LogP contribution in [0.2, 0.25) is 0 Å². The van der Waals surface area contributed by atoms with Crippen LogP contribution < -0.4 is 11.1 Å². The Morgan fingerprint density at radius 3 is 2.38 bits per heavy atom. The molecule has 7 heteroatoms. The summed E-state index contributed by atoms with van der Waals surface area (Å²) >= 11 is 0. The largest absolute Gasteiger partial charge is 0.504 e. The van der Waals surface area contributed by atoms with Crippen molar-refractivity contribution in [3.8, 4) is 11.5 Å². The highest BCUT2D eigenvalue weighted by molar-refractivity contribution is 5.73. The summed E-state index contributed by atoms with van der Waals surface area (Å²) in [7, 11) is 0. The Hall–Kier alpha value is -2.96. The van der Waals surface area contributed by atoms with Crippen LogP contribution in [0, 0.1) is 24.0 Å². The first-order chi connectivity index (χ1) is 9.79. The van der Waals surface area contributed by atoms with E-state index in [4.69, 9.17) is 5.73 Å². The molecule has 0 saturated heterocycles. The number of nitrogens with one attached hydrogen (secondary N) is 1. The number of phenolic OH excluding ortho intramolecular Hbond substituents is 2. The maximum Gasteiger partial charge on any atom is 0.276 e. The van der Waals surface area contributed by atoms with Gasteiger partial charge in [0.15, 0.2) is 11.5 Å². The average Bonchev–Trinajstić information content (AvgIpc) is 2.39. The molecule has 2 aromatic carbocycles. The first-order valence-corrected chi connectivity index (χ1v) is 6.13. The lowest BCUT2D eigenvalue weighted by atomic mass is 10.1. The minimum absolute atomic E-state index is 0.0850. The lowest BCUT2D eigenvalue weighted by Gasteiger charge is -2.12. The quantitative estimate of drug-likeness (QED) is 0.226. The third-order valence-corrected chi connectivity index (χ3v) is 3.22. The number of nitrogen functional groups attached to an aromatic ring is 1. The summed E-state index contributed by atoms with van der Waals surface area (Å²) in [5.74, 6) is -0.509. The van der Waals surface area contributed by atoms with Crippen LogP contribution >= 0.6 is 0 Å². The van der Waals surface area contributed by atoms with E-state index in [2.05, 4.69) is 5.32 Å². The average molecular weight is 289 g/mol. The van der Waals surface area contributed by atoms with Gasteiger partial charge in [0.05, 0.1) is 4.92 Å². The predicted octanol–water partition coefficient (Wildman–Crippen LogP) is 2.95. The number of hydrogen-bond acceptors (Lipinski definition) is 6. The SMILES string of the molecule is Cc1cc(O)c(O)cc1Nc1cc(N)c(C)c([N+](=O)[O-])c1. The van der Waals surface area contributed by atoms with E-state index in [9.17, 15) is 20.3 Å². The summed E-state index contributed by atoms with van der Waals surface area (Å²) in [5, 5.41) is 32.9. The molecule has 0 amide bonds. The standard InChI is InChI=1S/C14H15N3O4/c1-7-3-13(18)14(19)6-11(7)16-9-4-10(15)8(2)12(5-9)17(20)21/h3-6,16,18-19H,15H2,1-2H3. The molecule has 0 aliphatic carbocycles. The first kappa shape index (κ1) is 14.4. The number of benzene rings is 2. The third kappa shape index (κ3) is 2.81. The van der Waals surface area contributed by atoms with E-state index in [1.165, 1.54) is 18.2 Å². The van der Waals surface area contributed by atoms with Gasteiger partial charge in [-0.05, 0) is 31.5 Å². The molecular weight excluding hydrogens is 274 g/mol. The fourth-order valence-electron chi connectivity index (χ4n) is 1.95. The normalized spacial score (nSPS) is 10.4. The Morgan fingerprint density at radius 2 is 1.76 bits per heavy atom. The van der Waals surface area contributed by atoms with Crippen molar-refractivity contribution in [3.63, 3.8) is 0 Å². The zero-order valence-corrected chi connectivity index (χ0v) is 11.5. The smallest absolute Gasteiger partial charge is 0.276 e. The van der Waals surface area contributed by atoms with Crippen LogP contribution in [0.3, 0.4) is 0 Å². The van der Waals surface area contributed by atoms with Gasteiger partial charge in [-0.25, -0.2) is 0 Å². The van der Waals surface area contributed by atoms with Crippen molar-refractivity contribution in [2.24, 2.45) is 0 Å². The van der Waals surface area contributed by atoms with Crippen molar-refractivity contribution in [2.75, 3.05) is 11.1 Å². The molecule has 0 aliphatic heterocycles. The van der Waals surface area contributed by atoms with Crippen LogP contribution in [0.1, 0.15) is 11.1 Å². The predicted molar refractivity (Wildman–Crippen MR) is 80.0 cm³/mol. The maximum atomic E-state index is 11.0. The van der Waals surface area contributed by atoms with E-state index in [0.29, 0.717) is 28.2 Å². The van der Waals surface area contributed by atoms with Crippen LogP contribution in [0.4, 0.5) is 22.7 Å². The number of nitrogens with two attached hydrogens (primary N) is 1. The highest BCUT2D eigenvalue weighted by atomic mass is 16.6. The van der Waals surface area contributed by atoms with Crippen LogP contribution in [0.5, 0.6) is 11.5 Å². The highest BCUT2D eigenvalue weighted by Crippen LogP contribution is 2.35. The molecule has 5 N–H and O–H groups in total. The molecule has 0 radical (unpaired) electrons. The molecule has 0 fully saturated rings. The minimum Gasteiger partial charge on any atom is -0.504 e. The number of nitrogens with zero attached hydrogens (tertiary/aromatic N) is 1. The van der Waals surface area contributed by atoms with Gasteiger partial charge in [-0.15, -0.1) is 0 Å². The van der Waals surface area contributed by atoms with Gasteiger partial charge in [-0.1, -0.05) is 0 Å². The number of hydrogen-bond donors (Lipinski definition) is 4. The fourth-order valence-corrected chi connectivity index (χ4v) is 1.95. The van der Waals surface area contributed by atoms with E-state index >= 15 is 0 Å². The molecule has 110 valence electrons. The molecule has 21 heavy (non-hydrogen) atoms. The van der Waals surface area contributed by atoms with Gasteiger partial charge in [0, 0.05) is 34.8 Å². The van der Waals surface area contributed by atoms with Crippen molar-refractivity contribution in [1.82, 2.24) is 0 Å². The number of nitro benzene ring substituents is 1. The number of anilines is 3. The van der Waals surface area contributed by atoms with Gasteiger partial charge in [0.25, 0.3) is 5.69 Å². The Balaban J connectivity index is 2.45. The molecule has 7 nitrogen and oxygen atoms in total. The number of phenols is 2. The summed E-state index contributed by atoms with van der Waals surface area (Å²) in [6.07, 6.45) is 0. The Bertz CT molecular complexity index is 729. The molecule has 0 bridgehead atoms. The Labute approximate surface area is 120 Å². The van der Waals surface area contributed by atoms with Gasteiger partial charge in [-0.3, -0.25) is 10.1 Å². The second-order valence-electron chi connectivity index (χ2n) is 4.75. The molecular formula is C14H15N3O4. The summed E-state index contributed by atoms with van der Waals surface area (Å²) in [4.78, 5) is 10.5. The molecule has 2 rings (SSSR count). The summed E-state index contributed by atoms with van der Waals surface area (Å²) < 4.78 is 0. The molecule has 0 unspecified atom stereocenters. The zero-order chi connectivity index (χ0) is 15.7. The first-order valence-electron chi connectivity index (χ1n) is 6.13. The monoisotopic (exact) mass is 289 g/mol. The van der Waals surface area contributed by atoms with Gasteiger partial charge in [0.2, 0.25) is 0 Å². The second-order valence-corrected chi connectivity index (χ2v) is 4.75. The molecule has 0 atom stereocenters. The van der Waals surface area contributed by atoms with Crippen molar-refractivity contribution < 1.29 is 15.1 Å². The third-order valence-electron chi connectivity index (χ3n) is 3.22. The van der Waals surface area contributed by atoms with Crippen LogP contribution in [-0.2, 0) is 0 Å². The number of aryl methyl sites for hydroxylation is 1. The number of nitro groups is 1. The summed E-state index contributed by atoms with van der Waals surface area (Å²) in [5.41, 5.74) is 8.00. The van der Waals surface area contributed by atoms with Gasteiger partial charge in [0.1, 0.15) is 0 Å². The van der Waals surface area contributed by atoms with E-state index < -0.39 is 4.92 Å². The van der Waals surface area contributed by atoms with Crippen molar-refractivity contribution in [1.29, 1.82) is 0 Å².